The summed E-state index contributed by atoms with van der Waals surface area (Å²) in [6.07, 6.45) is -2.55. The average molecular weight is 441 g/mol. The van der Waals surface area contributed by atoms with Crippen LogP contribution in [0.4, 0.5) is 13.2 Å². The number of halogens is 3. The highest BCUT2D eigenvalue weighted by molar-refractivity contribution is 6.10. The van der Waals surface area contributed by atoms with Crippen molar-refractivity contribution in [1.82, 2.24) is 25.0 Å². The van der Waals surface area contributed by atoms with E-state index in [0.29, 0.717) is 22.8 Å². The molecule has 32 heavy (non-hydrogen) atoms. The van der Waals surface area contributed by atoms with E-state index >= 15 is 0 Å². The summed E-state index contributed by atoms with van der Waals surface area (Å²) in [5.41, 5.74) is 1.79. The van der Waals surface area contributed by atoms with Gasteiger partial charge in [-0.3, -0.25) is 14.0 Å². The molecular weight excluding hydrogens is 419 g/mol. The van der Waals surface area contributed by atoms with Gasteiger partial charge in [0, 0.05) is 60.3 Å². The number of carbonyl (C=O) groups is 1. The van der Waals surface area contributed by atoms with Crippen molar-refractivity contribution < 1.29 is 18.0 Å². The topological polar surface area (TPSA) is 63.9 Å². The lowest BCUT2D eigenvalue weighted by molar-refractivity contribution is -0.137. The monoisotopic (exact) mass is 441 g/mol. The van der Waals surface area contributed by atoms with Crippen LogP contribution in [0.1, 0.15) is 22.8 Å². The Labute approximate surface area is 182 Å². The molecule has 2 aromatic heterocycles. The van der Waals surface area contributed by atoms with Crippen molar-refractivity contribution in [3.05, 3.63) is 59.8 Å². The lowest BCUT2D eigenvalue weighted by Gasteiger charge is -2.33. The molecule has 1 atom stereocenters. The van der Waals surface area contributed by atoms with Crippen LogP contribution in [0.25, 0.3) is 27.6 Å². The largest absolute Gasteiger partial charge is 0.416 e. The van der Waals surface area contributed by atoms with Crippen molar-refractivity contribution in [2.75, 3.05) is 13.1 Å². The number of fused-ring (bicyclic) bond motifs is 3. The van der Waals surface area contributed by atoms with Crippen molar-refractivity contribution in [3.63, 3.8) is 0 Å². The van der Waals surface area contributed by atoms with E-state index in [0.717, 1.165) is 41.5 Å². The number of hydrogen-bond acceptors (Lipinski definition) is 3. The van der Waals surface area contributed by atoms with Crippen LogP contribution in [0.2, 0.25) is 0 Å². The highest BCUT2D eigenvalue weighted by Crippen LogP contribution is 2.34. The summed E-state index contributed by atoms with van der Waals surface area (Å²) in [4.78, 5) is 12.8. The highest BCUT2D eigenvalue weighted by atomic mass is 19.4. The Kier molecular flexibility index (Phi) is 4.74. The van der Waals surface area contributed by atoms with E-state index in [1.54, 1.807) is 17.8 Å². The number of nitrogens with one attached hydrogen (secondary N) is 2. The molecule has 3 heterocycles. The van der Waals surface area contributed by atoms with Crippen LogP contribution in [0.15, 0.2) is 48.7 Å². The van der Waals surface area contributed by atoms with E-state index in [1.807, 2.05) is 29.8 Å². The van der Waals surface area contributed by atoms with Crippen LogP contribution in [-0.2, 0) is 13.2 Å². The minimum absolute atomic E-state index is 0.0644. The zero-order valence-corrected chi connectivity index (χ0v) is 17.6. The van der Waals surface area contributed by atoms with Crippen molar-refractivity contribution in [1.29, 1.82) is 0 Å². The predicted octanol–water partition coefficient (Wildman–Crippen LogP) is 3.87. The molecule has 1 aliphatic rings. The third kappa shape index (κ3) is 3.42. The minimum atomic E-state index is -4.40. The Bertz CT molecular complexity index is 1320. The molecule has 0 radical (unpaired) electrons. The van der Waals surface area contributed by atoms with Crippen LogP contribution in [0.5, 0.6) is 0 Å². The Balaban J connectivity index is 1.57. The minimum Gasteiger partial charge on any atom is -0.349 e. The van der Waals surface area contributed by atoms with E-state index < -0.39 is 11.7 Å². The fourth-order valence-corrected chi connectivity index (χ4v) is 4.17. The van der Waals surface area contributed by atoms with Gasteiger partial charge in [-0.25, -0.2) is 0 Å². The van der Waals surface area contributed by atoms with E-state index in [-0.39, 0.29) is 11.9 Å². The maximum atomic E-state index is 13.0. The Morgan fingerprint density at radius 1 is 1.16 bits per heavy atom. The van der Waals surface area contributed by atoms with Gasteiger partial charge >= 0.3 is 6.18 Å². The van der Waals surface area contributed by atoms with Gasteiger partial charge in [0.25, 0.3) is 5.91 Å². The smallest absolute Gasteiger partial charge is 0.349 e. The van der Waals surface area contributed by atoms with Gasteiger partial charge in [-0.05, 0) is 49.4 Å². The zero-order chi connectivity index (χ0) is 22.6. The third-order valence-corrected chi connectivity index (χ3v) is 6.14. The molecule has 1 amide bonds. The van der Waals surface area contributed by atoms with Crippen molar-refractivity contribution in [3.8, 4) is 5.69 Å². The SMILES string of the molecule is C[C@H](NC(=O)c1ccc2c(c1)c1cn(C)nc1n2-c1ccc(C(F)(F)F)cc1)C1CNC1. The third-order valence-electron chi connectivity index (χ3n) is 6.14. The Morgan fingerprint density at radius 3 is 2.50 bits per heavy atom. The maximum absolute atomic E-state index is 13.0. The molecule has 6 nitrogen and oxygen atoms in total. The number of alkyl halides is 3. The first-order valence-electron chi connectivity index (χ1n) is 10.4. The van der Waals surface area contributed by atoms with Gasteiger partial charge in [0.2, 0.25) is 0 Å². The van der Waals surface area contributed by atoms with E-state index in [4.69, 9.17) is 0 Å². The maximum Gasteiger partial charge on any atom is 0.416 e. The number of amides is 1. The second kappa shape index (κ2) is 7.37. The van der Waals surface area contributed by atoms with Gasteiger partial charge in [0.1, 0.15) is 0 Å². The number of benzene rings is 2. The number of hydrogen-bond donors (Lipinski definition) is 2. The lowest BCUT2D eigenvalue weighted by atomic mass is 9.95. The second-order valence-corrected chi connectivity index (χ2v) is 8.33. The van der Waals surface area contributed by atoms with Gasteiger partial charge in [0.05, 0.1) is 11.1 Å². The molecule has 1 saturated heterocycles. The molecule has 0 bridgehead atoms. The molecule has 1 aliphatic heterocycles. The number of carbonyl (C=O) groups excluding carboxylic acids is 1. The standard InChI is InChI=1S/C23H22F3N5O/c1-13(15-10-27-11-15)28-22(32)14-3-8-20-18(9-14)19-12-30(2)29-21(19)31(20)17-6-4-16(5-7-17)23(24,25)26/h3-9,12-13,15,27H,10-11H2,1-2H3,(H,28,32)/t13-/m0/s1. The Morgan fingerprint density at radius 2 is 1.88 bits per heavy atom. The number of aromatic nitrogens is 3. The summed E-state index contributed by atoms with van der Waals surface area (Å²) in [5.74, 6) is 0.277. The van der Waals surface area contributed by atoms with Crippen molar-refractivity contribution >= 4 is 27.8 Å². The molecule has 0 saturated carbocycles. The molecule has 0 unspecified atom stereocenters. The summed E-state index contributed by atoms with van der Waals surface area (Å²) < 4.78 is 42.5. The van der Waals surface area contributed by atoms with Crippen LogP contribution in [-0.4, -0.2) is 39.4 Å². The summed E-state index contributed by atoms with van der Waals surface area (Å²) >= 11 is 0. The van der Waals surface area contributed by atoms with Gasteiger partial charge in [-0.1, -0.05) is 0 Å². The summed E-state index contributed by atoms with van der Waals surface area (Å²) in [6, 6.07) is 10.4. The first kappa shape index (κ1) is 20.6. The van der Waals surface area contributed by atoms with Crippen LogP contribution >= 0.6 is 0 Å². The summed E-state index contributed by atoms with van der Waals surface area (Å²) in [6.45, 7) is 3.79. The zero-order valence-electron chi connectivity index (χ0n) is 17.6. The molecule has 2 aromatic carbocycles. The van der Waals surface area contributed by atoms with Crippen LogP contribution < -0.4 is 10.6 Å². The predicted molar refractivity (Wildman–Crippen MR) is 116 cm³/mol. The quantitative estimate of drug-likeness (QED) is 0.505. The first-order valence-corrected chi connectivity index (χ1v) is 10.4. The molecule has 0 spiro atoms. The van der Waals surface area contributed by atoms with Gasteiger partial charge < -0.3 is 10.6 Å². The van der Waals surface area contributed by atoms with E-state index in [9.17, 15) is 18.0 Å². The van der Waals surface area contributed by atoms with Crippen molar-refractivity contribution in [2.24, 2.45) is 13.0 Å². The molecule has 0 aliphatic carbocycles. The molecule has 2 N–H and O–H groups in total. The first-order chi connectivity index (χ1) is 15.2. The Hall–Kier alpha value is -3.33. The molecule has 166 valence electrons. The molecule has 5 rings (SSSR count). The van der Waals surface area contributed by atoms with E-state index in [2.05, 4.69) is 15.7 Å². The summed E-state index contributed by atoms with van der Waals surface area (Å²) in [7, 11) is 1.79. The van der Waals surface area contributed by atoms with Gasteiger partial charge in [-0.15, -0.1) is 0 Å². The van der Waals surface area contributed by atoms with Gasteiger partial charge in [-0.2, -0.15) is 18.3 Å². The highest BCUT2D eigenvalue weighted by Gasteiger charge is 2.30. The molecule has 4 aromatic rings. The second-order valence-electron chi connectivity index (χ2n) is 8.33. The average Bonchev–Trinajstić information content (AvgIpc) is 3.20. The number of nitrogens with zero attached hydrogens (tertiary/aromatic N) is 3. The number of aryl methyl sites for hydroxylation is 1. The van der Waals surface area contributed by atoms with Crippen LogP contribution in [0.3, 0.4) is 0 Å². The molecule has 1 fully saturated rings. The molecule has 9 heteroatoms. The lowest BCUT2D eigenvalue weighted by Crippen LogP contribution is -2.53. The number of rotatable bonds is 4. The van der Waals surface area contributed by atoms with Gasteiger partial charge in [0.15, 0.2) is 5.65 Å². The fraction of sp³-hybridized carbons (Fsp3) is 0.304. The van der Waals surface area contributed by atoms with Crippen LogP contribution in [0, 0.1) is 5.92 Å². The fourth-order valence-electron chi connectivity index (χ4n) is 4.17. The normalized spacial score (nSPS) is 15.8. The van der Waals surface area contributed by atoms with E-state index in [1.165, 1.54) is 12.1 Å². The van der Waals surface area contributed by atoms with Crippen molar-refractivity contribution in [2.45, 2.75) is 19.1 Å². The summed E-state index contributed by atoms with van der Waals surface area (Å²) in [5, 5.41) is 12.4. The molecular formula is C23H22F3N5O.